The Hall–Kier alpha value is -2.37. The Morgan fingerprint density at radius 2 is 1.63 bits per heavy atom. The summed E-state index contributed by atoms with van der Waals surface area (Å²) < 4.78 is 5.42. The van der Waals surface area contributed by atoms with Gasteiger partial charge in [0.2, 0.25) is 11.7 Å². The Morgan fingerprint density at radius 1 is 0.963 bits per heavy atom. The van der Waals surface area contributed by atoms with Gasteiger partial charge in [-0.05, 0) is 56.0 Å². The van der Waals surface area contributed by atoms with Crippen molar-refractivity contribution in [2.45, 2.75) is 32.2 Å². The number of halogens is 1. The molecule has 1 unspecified atom stereocenters. The van der Waals surface area contributed by atoms with Crippen molar-refractivity contribution in [1.29, 1.82) is 0 Å². The molecule has 1 saturated heterocycles. The molecule has 3 aromatic rings. The zero-order valence-electron chi connectivity index (χ0n) is 15.5. The van der Waals surface area contributed by atoms with Crippen LogP contribution in [0.2, 0.25) is 0 Å². The molecule has 1 aliphatic heterocycles. The van der Waals surface area contributed by atoms with Gasteiger partial charge >= 0.3 is 0 Å². The van der Waals surface area contributed by atoms with Crippen LogP contribution in [0.5, 0.6) is 0 Å². The molecule has 5 nitrogen and oxygen atoms in total. The van der Waals surface area contributed by atoms with E-state index in [2.05, 4.69) is 39.3 Å². The molecular weight excluding hydrogens is 360 g/mol. The molecule has 2 aromatic carbocycles. The predicted octanol–water partition coefficient (Wildman–Crippen LogP) is 4.51. The molecule has 1 fully saturated rings. The number of benzene rings is 2. The summed E-state index contributed by atoms with van der Waals surface area (Å²) in [4.78, 5) is 6.94. The Labute approximate surface area is 166 Å². The van der Waals surface area contributed by atoms with E-state index in [4.69, 9.17) is 10.3 Å². The Morgan fingerprint density at radius 3 is 2.30 bits per heavy atom. The number of aromatic nitrogens is 2. The van der Waals surface area contributed by atoms with E-state index < -0.39 is 6.04 Å². The molecule has 0 aliphatic carbocycles. The molecule has 2 heterocycles. The highest BCUT2D eigenvalue weighted by Crippen LogP contribution is 2.25. The highest BCUT2D eigenvalue weighted by atomic mass is 35.5. The van der Waals surface area contributed by atoms with Gasteiger partial charge in [0.15, 0.2) is 0 Å². The number of rotatable bonds is 4. The monoisotopic (exact) mass is 384 g/mol. The smallest absolute Gasteiger partial charge is 0.248 e. The minimum Gasteiger partial charge on any atom is -0.372 e. The van der Waals surface area contributed by atoms with Crippen LogP contribution >= 0.6 is 12.4 Å². The van der Waals surface area contributed by atoms with E-state index in [0.717, 1.165) is 24.2 Å². The maximum atomic E-state index is 6.28. The summed E-state index contributed by atoms with van der Waals surface area (Å²) >= 11 is 0. The van der Waals surface area contributed by atoms with Crippen molar-refractivity contribution < 1.29 is 4.52 Å². The van der Waals surface area contributed by atoms with Gasteiger partial charge in [-0.3, -0.25) is 0 Å². The minimum atomic E-state index is -0.413. The third-order valence-electron chi connectivity index (χ3n) is 4.99. The summed E-state index contributed by atoms with van der Waals surface area (Å²) in [5.74, 6) is 1.01. The van der Waals surface area contributed by atoms with Crippen molar-refractivity contribution in [1.82, 2.24) is 10.1 Å². The van der Waals surface area contributed by atoms with Crippen LogP contribution in [0.1, 0.15) is 42.3 Å². The summed E-state index contributed by atoms with van der Waals surface area (Å²) in [6.07, 6.45) is 3.88. The largest absolute Gasteiger partial charge is 0.372 e. The van der Waals surface area contributed by atoms with Gasteiger partial charge in [-0.25, -0.2) is 0 Å². The molecule has 0 saturated carbocycles. The van der Waals surface area contributed by atoms with Gasteiger partial charge in [0.05, 0.1) is 0 Å². The molecule has 4 rings (SSSR count). The number of aryl methyl sites for hydroxylation is 1. The van der Waals surface area contributed by atoms with Gasteiger partial charge in [-0.15, -0.1) is 12.4 Å². The van der Waals surface area contributed by atoms with Crippen LogP contribution < -0.4 is 10.6 Å². The first-order chi connectivity index (χ1) is 12.7. The number of piperidine rings is 1. The fraction of sp³-hybridized carbons (Fsp3) is 0.333. The second-order valence-electron chi connectivity index (χ2n) is 6.94. The maximum Gasteiger partial charge on any atom is 0.248 e. The lowest BCUT2D eigenvalue weighted by Gasteiger charge is -2.28. The number of hydrogen-bond donors (Lipinski definition) is 1. The highest BCUT2D eigenvalue weighted by molar-refractivity contribution is 5.85. The van der Waals surface area contributed by atoms with Crippen LogP contribution in [-0.2, 0) is 0 Å². The number of nitrogens with two attached hydrogens (primary N) is 1. The summed E-state index contributed by atoms with van der Waals surface area (Å²) in [7, 11) is 0. The summed E-state index contributed by atoms with van der Waals surface area (Å²) in [6.45, 7) is 4.32. The zero-order valence-corrected chi connectivity index (χ0v) is 16.3. The normalized spacial score (nSPS) is 15.3. The highest BCUT2D eigenvalue weighted by Gasteiger charge is 2.18. The molecule has 1 aromatic heterocycles. The quantitative estimate of drug-likeness (QED) is 0.716. The fourth-order valence-corrected chi connectivity index (χ4v) is 3.37. The fourth-order valence-electron chi connectivity index (χ4n) is 3.37. The lowest BCUT2D eigenvalue weighted by atomic mass is 10.1. The van der Waals surface area contributed by atoms with Gasteiger partial charge in [0, 0.05) is 24.3 Å². The van der Waals surface area contributed by atoms with Crippen LogP contribution in [0.4, 0.5) is 5.69 Å². The standard InChI is InChI=1S/C21H24N4O.ClH/c1-15-5-7-16(8-6-15)19(22)21-23-20(24-26-21)17-9-11-18(12-10-17)25-13-3-2-4-14-25;/h5-12,19H,2-4,13-14,22H2,1H3;1H. The first-order valence-corrected chi connectivity index (χ1v) is 9.22. The van der Waals surface area contributed by atoms with E-state index in [0.29, 0.717) is 11.7 Å². The third-order valence-corrected chi connectivity index (χ3v) is 4.99. The van der Waals surface area contributed by atoms with Crippen molar-refractivity contribution >= 4 is 18.1 Å². The third kappa shape index (κ3) is 4.31. The molecule has 27 heavy (non-hydrogen) atoms. The van der Waals surface area contributed by atoms with Gasteiger partial charge in [-0.1, -0.05) is 35.0 Å². The first-order valence-electron chi connectivity index (χ1n) is 9.22. The first kappa shape index (κ1) is 19.4. The van der Waals surface area contributed by atoms with Crippen molar-refractivity contribution in [3.63, 3.8) is 0 Å². The van der Waals surface area contributed by atoms with Gasteiger partial charge < -0.3 is 15.2 Å². The van der Waals surface area contributed by atoms with Crippen molar-refractivity contribution in [3.8, 4) is 11.4 Å². The number of anilines is 1. The Kier molecular flexibility index (Phi) is 6.14. The SMILES string of the molecule is Cc1ccc(C(N)c2nc(-c3ccc(N4CCCCC4)cc3)no2)cc1.Cl. The molecular formula is C21H25ClN4O. The maximum absolute atomic E-state index is 6.28. The topological polar surface area (TPSA) is 68.2 Å². The van der Waals surface area contributed by atoms with E-state index >= 15 is 0 Å². The second kappa shape index (κ2) is 8.55. The Balaban J connectivity index is 0.00000210. The van der Waals surface area contributed by atoms with E-state index in [1.54, 1.807) is 0 Å². The summed E-state index contributed by atoms with van der Waals surface area (Å²) in [5, 5.41) is 4.11. The van der Waals surface area contributed by atoms with E-state index in [9.17, 15) is 0 Å². The summed E-state index contributed by atoms with van der Waals surface area (Å²) in [5.41, 5.74) is 10.6. The van der Waals surface area contributed by atoms with E-state index in [-0.39, 0.29) is 12.4 Å². The van der Waals surface area contributed by atoms with Crippen LogP contribution in [0.15, 0.2) is 53.1 Å². The summed E-state index contributed by atoms with van der Waals surface area (Å²) in [6, 6.07) is 16.0. The molecule has 0 amide bonds. The average Bonchev–Trinajstić information content (AvgIpc) is 3.19. The minimum absolute atomic E-state index is 0. The lowest BCUT2D eigenvalue weighted by Crippen LogP contribution is -2.29. The van der Waals surface area contributed by atoms with Crippen LogP contribution in [0.25, 0.3) is 11.4 Å². The van der Waals surface area contributed by atoms with Crippen molar-refractivity contribution in [2.75, 3.05) is 18.0 Å². The molecule has 6 heteroatoms. The number of nitrogens with zero attached hydrogens (tertiary/aromatic N) is 3. The van der Waals surface area contributed by atoms with E-state index in [1.807, 2.05) is 31.2 Å². The van der Waals surface area contributed by atoms with E-state index in [1.165, 1.54) is 30.5 Å². The molecule has 0 bridgehead atoms. The molecule has 1 aliphatic rings. The van der Waals surface area contributed by atoms with Crippen LogP contribution in [-0.4, -0.2) is 23.2 Å². The lowest BCUT2D eigenvalue weighted by molar-refractivity contribution is 0.367. The Bertz CT molecular complexity index is 855. The predicted molar refractivity (Wildman–Crippen MR) is 110 cm³/mol. The molecule has 0 spiro atoms. The zero-order chi connectivity index (χ0) is 17.9. The molecule has 1 atom stereocenters. The van der Waals surface area contributed by atoms with Gasteiger partial charge in [0.1, 0.15) is 6.04 Å². The van der Waals surface area contributed by atoms with Crippen molar-refractivity contribution in [3.05, 3.63) is 65.5 Å². The average molecular weight is 385 g/mol. The second-order valence-corrected chi connectivity index (χ2v) is 6.94. The van der Waals surface area contributed by atoms with Crippen LogP contribution in [0, 0.1) is 6.92 Å². The van der Waals surface area contributed by atoms with Gasteiger partial charge in [-0.2, -0.15) is 4.98 Å². The molecule has 2 N–H and O–H groups in total. The van der Waals surface area contributed by atoms with Crippen molar-refractivity contribution in [2.24, 2.45) is 5.73 Å². The number of hydrogen-bond acceptors (Lipinski definition) is 5. The van der Waals surface area contributed by atoms with Crippen LogP contribution in [0.3, 0.4) is 0 Å². The molecule has 0 radical (unpaired) electrons. The molecule has 142 valence electrons. The van der Waals surface area contributed by atoms with Gasteiger partial charge in [0.25, 0.3) is 0 Å².